The lowest BCUT2D eigenvalue weighted by molar-refractivity contribution is 0.398. The summed E-state index contributed by atoms with van der Waals surface area (Å²) in [6.07, 6.45) is 0.908. The topological polar surface area (TPSA) is 22.1 Å². The van der Waals surface area contributed by atoms with Crippen molar-refractivity contribution >= 4 is 11.6 Å². The van der Waals surface area contributed by atoms with E-state index < -0.39 is 5.82 Å². The summed E-state index contributed by atoms with van der Waals surface area (Å²) in [5, 5.41) is -0.0962. The standard InChI is InChI=1S/C10H13ClFNO/c1-4-6(2)9-8(14-3)5-7(12)10(11)13-9/h5-6H,4H2,1-3H3. The molecule has 0 saturated carbocycles. The van der Waals surface area contributed by atoms with Gasteiger partial charge in [0.15, 0.2) is 11.0 Å². The second-order valence-electron chi connectivity index (χ2n) is 3.16. The van der Waals surface area contributed by atoms with Gasteiger partial charge in [-0.15, -0.1) is 0 Å². The molecule has 0 aliphatic carbocycles. The van der Waals surface area contributed by atoms with Gasteiger partial charge < -0.3 is 4.74 Å². The lowest BCUT2D eigenvalue weighted by Crippen LogP contribution is -2.01. The van der Waals surface area contributed by atoms with Crippen molar-refractivity contribution in [2.45, 2.75) is 26.2 Å². The quantitative estimate of drug-likeness (QED) is 0.724. The first-order valence-electron chi connectivity index (χ1n) is 4.50. The number of aromatic nitrogens is 1. The molecule has 2 nitrogen and oxygen atoms in total. The highest BCUT2D eigenvalue weighted by molar-refractivity contribution is 6.29. The maximum Gasteiger partial charge on any atom is 0.165 e. The summed E-state index contributed by atoms with van der Waals surface area (Å²) in [7, 11) is 1.50. The summed E-state index contributed by atoms with van der Waals surface area (Å²) in [6, 6.07) is 1.27. The van der Waals surface area contributed by atoms with Gasteiger partial charge in [-0.2, -0.15) is 0 Å². The van der Waals surface area contributed by atoms with E-state index in [2.05, 4.69) is 4.98 Å². The zero-order chi connectivity index (χ0) is 10.7. The van der Waals surface area contributed by atoms with Crippen molar-refractivity contribution in [3.63, 3.8) is 0 Å². The molecule has 0 fully saturated rings. The molecule has 0 radical (unpaired) electrons. The Labute approximate surface area is 88.1 Å². The Morgan fingerprint density at radius 1 is 1.64 bits per heavy atom. The number of pyridine rings is 1. The molecule has 78 valence electrons. The third kappa shape index (κ3) is 2.15. The van der Waals surface area contributed by atoms with Gasteiger partial charge >= 0.3 is 0 Å². The van der Waals surface area contributed by atoms with Crippen LogP contribution in [0.2, 0.25) is 5.15 Å². The molecule has 1 aromatic rings. The van der Waals surface area contributed by atoms with E-state index in [0.717, 1.165) is 6.42 Å². The molecule has 0 amide bonds. The molecule has 1 heterocycles. The third-order valence-electron chi connectivity index (χ3n) is 2.23. The highest BCUT2D eigenvalue weighted by Gasteiger charge is 2.15. The molecule has 0 aromatic carbocycles. The zero-order valence-corrected chi connectivity index (χ0v) is 9.23. The summed E-state index contributed by atoms with van der Waals surface area (Å²) >= 11 is 5.60. The lowest BCUT2D eigenvalue weighted by atomic mass is 10.0. The van der Waals surface area contributed by atoms with Crippen LogP contribution in [0.5, 0.6) is 5.75 Å². The van der Waals surface area contributed by atoms with Gasteiger partial charge in [0.05, 0.1) is 12.8 Å². The molecule has 1 unspecified atom stereocenters. The lowest BCUT2D eigenvalue weighted by Gasteiger charge is -2.13. The Hall–Kier alpha value is -0.830. The molecular weight excluding hydrogens is 205 g/mol. The van der Waals surface area contributed by atoms with Gasteiger partial charge in [-0.1, -0.05) is 25.4 Å². The van der Waals surface area contributed by atoms with Crippen LogP contribution in [0, 0.1) is 5.82 Å². The van der Waals surface area contributed by atoms with Crippen LogP contribution in [-0.2, 0) is 0 Å². The normalized spacial score (nSPS) is 12.6. The first kappa shape index (κ1) is 11.2. The van der Waals surface area contributed by atoms with Crippen molar-refractivity contribution in [1.82, 2.24) is 4.98 Å². The molecule has 4 heteroatoms. The second-order valence-corrected chi connectivity index (χ2v) is 3.52. The Morgan fingerprint density at radius 3 is 2.79 bits per heavy atom. The number of methoxy groups -OCH3 is 1. The summed E-state index contributed by atoms with van der Waals surface area (Å²) in [5.41, 5.74) is 0.710. The fraction of sp³-hybridized carbons (Fsp3) is 0.500. The molecule has 1 rings (SSSR count). The van der Waals surface area contributed by atoms with Crippen LogP contribution >= 0.6 is 11.6 Å². The van der Waals surface area contributed by atoms with E-state index in [1.807, 2.05) is 13.8 Å². The second kappa shape index (κ2) is 4.60. The average molecular weight is 218 g/mol. The first-order valence-corrected chi connectivity index (χ1v) is 4.87. The maximum absolute atomic E-state index is 13.0. The molecule has 14 heavy (non-hydrogen) atoms. The smallest absolute Gasteiger partial charge is 0.165 e. The minimum Gasteiger partial charge on any atom is -0.495 e. The number of rotatable bonds is 3. The predicted molar refractivity (Wildman–Crippen MR) is 54.5 cm³/mol. The average Bonchev–Trinajstić information content (AvgIpc) is 2.20. The minimum absolute atomic E-state index is 0.0962. The Bertz CT molecular complexity index is 330. The molecule has 0 saturated heterocycles. The van der Waals surface area contributed by atoms with Crippen LogP contribution in [0.1, 0.15) is 31.9 Å². The Kier molecular flexibility index (Phi) is 3.69. The van der Waals surface area contributed by atoms with E-state index in [-0.39, 0.29) is 11.1 Å². The van der Waals surface area contributed by atoms with Gasteiger partial charge in [-0.25, -0.2) is 9.37 Å². The van der Waals surface area contributed by atoms with Gasteiger partial charge in [0.2, 0.25) is 0 Å². The summed E-state index contributed by atoms with van der Waals surface area (Å²) in [5.74, 6) is 0.125. The first-order chi connectivity index (χ1) is 6.60. The van der Waals surface area contributed by atoms with E-state index in [9.17, 15) is 4.39 Å². The van der Waals surface area contributed by atoms with Crippen molar-refractivity contribution in [3.8, 4) is 5.75 Å². The Balaban J connectivity index is 3.19. The largest absolute Gasteiger partial charge is 0.495 e. The van der Waals surface area contributed by atoms with Gasteiger partial charge in [0.25, 0.3) is 0 Å². The van der Waals surface area contributed by atoms with Gasteiger partial charge in [0, 0.05) is 12.0 Å². The van der Waals surface area contributed by atoms with Crippen molar-refractivity contribution in [3.05, 3.63) is 22.7 Å². The zero-order valence-electron chi connectivity index (χ0n) is 8.47. The van der Waals surface area contributed by atoms with Crippen LogP contribution in [0.25, 0.3) is 0 Å². The monoisotopic (exact) mass is 217 g/mol. The maximum atomic E-state index is 13.0. The van der Waals surface area contributed by atoms with Crippen LogP contribution < -0.4 is 4.74 Å². The number of halogens is 2. The molecule has 0 spiro atoms. The van der Waals surface area contributed by atoms with Crippen molar-refractivity contribution in [2.75, 3.05) is 7.11 Å². The number of hydrogen-bond acceptors (Lipinski definition) is 2. The minimum atomic E-state index is -0.546. The number of ether oxygens (including phenoxy) is 1. The SMILES string of the molecule is CCC(C)c1nc(Cl)c(F)cc1OC. The van der Waals surface area contributed by atoms with Gasteiger partial charge in [0.1, 0.15) is 5.75 Å². The molecule has 1 aromatic heterocycles. The van der Waals surface area contributed by atoms with E-state index in [4.69, 9.17) is 16.3 Å². The fourth-order valence-corrected chi connectivity index (χ4v) is 1.32. The summed E-state index contributed by atoms with van der Waals surface area (Å²) < 4.78 is 18.1. The molecule has 0 aliphatic heterocycles. The van der Waals surface area contributed by atoms with E-state index in [0.29, 0.717) is 11.4 Å². The number of hydrogen-bond donors (Lipinski definition) is 0. The van der Waals surface area contributed by atoms with Crippen molar-refractivity contribution in [2.24, 2.45) is 0 Å². The molecule has 0 N–H and O–H groups in total. The Morgan fingerprint density at radius 2 is 2.29 bits per heavy atom. The van der Waals surface area contributed by atoms with Crippen molar-refractivity contribution in [1.29, 1.82) is 0 Å². The van der Waals surface area contributed by atoms with E-state index >= 15 is 0 Å². The molecular formula is C10H13ClFNO. The van der Waals surface area contributed by atoms with Crippen molar-refractivity contribution < 1.29 is 9.13 Å². The molecule has 0 aliphatic rings. The molecule has 1 atom stereocenters. The van der Waals surface area contributed by atoms with E-state index in [1.54, 1.807) is 0 Å². The third-order valence-corrected chi connectivity index (χ3v) is 2.49. The predicted octanol–water partition coefficient (Wildman–Crippen LogP) is 3.40. The van der Waals surface area contributed by atoms with Gasteiger partial charge in [-0.05, 0) is 6.42 Å². The van der Waals surface area contributed by atoms with E-state index in [1.165, 1.54) is 13.2 Å². The molecule has 0 bridgehead atoms. The van der Waals surface area contributed by atoms with Gasteiger partial charge in [-0.3, -0.25) is 0 Å². The van der Waals surface area contributed by atoms with Crippen LogP contribution in [0.4, 0.5) is 4.39 Å². The number of nitrogens with zero attached hydrogens (tertiary/aromatic N) is 1. The van der Waals surface area contributed by atoms with Crippen LogP contribution in [0.3, 0.4) is 0 Å². The summed E-state index contributed by atoms with van der Waals surface area (Å²) in [6.45, 7) is 4.03. The highest BCUT2D eigenvalue weighted by Crippen LogP contribution is 2.29. The highest BCUT2D eigenvalue weighted by atomic mass is 35.5. The summed E-state index contributed by atoms with van der Waals surface area (Å²) in [4.78, 5) is 3.98. The van der Waals surface area contributed by atoms with Crippen LogP contribution in [0.15, 0.2) is 6.07 Å². The fourth-order valence-electron chi connectivity index (χ4n) is 1.17. The van der Waals surface area contributed by atoms with Crippen LogP contribution in [-0.4, -0.2) is 12.1 Å².